The van der Waals surface area contributed by atoms with Gasteiger partial charge in [0.25, 0.3) is 0 Å². The number of carbonyl (C=O) groups is 1. The molecule has 0 heterocycles. The summed E-state index contributed by atoms with van der Waals surface area (Å²) in [6.45, 7) is 0.384. The summed E-state index contributed by atoms with van der Waals surface area (Å²) in [6.07, 6.45) is -1.13. The van der Waals surface area contributed by atoms with Gasteiger partial charge in [0.15, 0.2) is 0 Å². The maximum atomic E-state index is 11.1. The molecule has 1 amide bonds. The topological polar surface area (TPSA) is 125 Å². The van der Waals surface area contributed by atoms with Crippen molar-refractivity contribution in [2.45, 2.75) is 13.0 Å². The summed E-state index contributed by atoms with van der Waals surface area (Å²) in [5, 5.41) is 17.2. The van der Waals surface area contributed by atoms with Gasteiger partial charge in [0, 0.05) is 0 Å². The van der Waals surface area contributed by atoms with Gasteiger partial charge in [-0.05, 0) is 6.92 Å². The van der Waals surface area contributed by atoms with Crippen molar-refractivity contribution in [2.24, 2.45) is 0 Å². The largest absolute Gasteiger partial charge is 0.449 e. The second-order valence-electron chi connectivity index (χ2n) is 2.51. The first-order valence-corrected chi connectivity index (χ1v) is 5.62. The fourth-order valence-electron chi connectivity index (χ4n) is 0.651. The van der Waals surface area contributed by atoms with E-state index in [1.165, 1.54) is 11.6 Å². The van der Waals surface area contributed by atoms with Crippen molar-refractivity contribution in [1.82, 2.24) is 9.44 Å². The van der Waals surface area contributed by atoms with E-state index in [0.717, 1.165) is 0 Å². The van der Waals surface area contributed by atoms with E-state index in [4.69, 9.17) is 10.2 Å². The van der Waals surface area contributed by atoms with Crippen molar-refractivity contribution in [3.8, 4) is 0 Å². The van der Waals surface area contributed by atoms with Crippen molar-refractivity contribution in [3.05, 3.63) is 0 Å². The molecule has 15 heavy (non-hydrogen) atoms. The van der Waals surface area contributed by atoms with E-state index in [1.807, 2.05) is 4.72 Å². The molecule has 0 saturated carbocycles. The highest BCUT2D eigenvalue weighted by molar-refractivity contribution is 7.88. The minimum absolute atomic E-state index is 0.0325. The third-order valence-corrected chi connectivity index (χ3v) is 2.33. The van der Waals surface area contributed by atoms with Crippen LogP contribution >= 0.6 is 0 Å². The number of carbonyl (C=O) groups excluding carboxylic acids is 1. The molecule has 0 unspecified atom stereocenters. The van der Waals surface area contributed by atoms with Gasteiger partial charge < -0.3 is 14.9 Å². The molecule has 0 spiro atoms. The molecule has 0 aliphatic heterocycles. The number of hydrogen-bond acceptors (Lipinski definition) is 6. The zero-order valence-corrected chi connectivity index (χ0v) is 8.95. The van der Waals surface area contributed by atoms with Gasteiger partial charge in [-0.3, -0.25) is 0 Å². The van der Waals surface area contributed by atoms with Crippen molar-refractivity contribution in [2.75, 3.05) is 19.8 Å². The van der Waals surface area contributed by atoms with Gasteiger partial charge in [-0.1, -0.05) is 0 Å². The molecule has 0 rings (SSSR count). The highest BCUT2D eigenvalue weighted by Crippen LogP contribution is 1.87. The maximum Gasteiger partial charge on any atom is 0.421 e. The summed E-state index contributed by atoms with van der Waals surface area (Å²) >= 11 is 0. The summed E-state index contributed by atoms with van der Waals surface area (Å²) in [5.41, 5.74) is 0. The Balaban J connectivity index is 4.24. The van der Waals surface area contributed by atoms with Gasteiger partial charge in [-0.15, -0.1) is 0 Å². The number of hydrogen-bond donors (Lipinski definition) is 4. The fourth-order valence-corrected chi connectivity index (χ4v) is 1.58. The lowest BCUT2D eigenvalue weighted by Gasteiger charge is -2.13. The van der Waals surface area contributed by atoms with Crippen LogP contribution in [-0.2, 0) is 14.9 Å². The molecule has 0 aliphatic carbocycles. The molecular formula is C6H14N2O6S. The lowest BCUT2D eigenvalue weighted by molar-refractivity contribution is 0.157. The van der Waals surface area contributed by atoms with Crippen LogP contribution in [0, 0.1) is 0 Å². The third kappa shape index (κ3) is 6.23. The van der Waals surface area contributed by atoms with Gasteiger partial charge in [0.2, 0.25) is 0 Å². The Kier molecular flexibility index (Phi) is 6.17. The fraction of sp³-hybridized carbons (Fsp3) is 0.833. The molecule has 0 saturated heterocycles. The lowest BCUT2D eigenvalue weighted by Crippen LogP contribution is -2.47. The summed E-state index contributed by atoms with van der Waals surface area (Å²) in [4.78, 5) is 10.7. The van der Waals surface area contributed by atoms with E-state index in [0.29, 0.717) is 0 Å². The standard InChI is InChI=1S/C6H14N2O6S/c1-2-14-6(11)8-15(12,13)7-5(3-9)4-10/h5,7,9-10H,2-4H2,1H3,(H,8,11). The zero-order chi connectivity index (χ0) is 11.9. The molecule has 0 aliphatic rings. The molecule has 0 fully saturated rings. The molecule has 0 aromatic heterocycles. The Morgan fingerprint density at radius 3 is 2.33 bits per heavy atom. The second kappa shape index (κ2) is 6.56. The first kappa shape index (κ1) is 14.1. The van der Waals surface area contributed by atoms with Crippen LogP contribution in [0.25, 0.3) is 0 Å². The number of rotatable bonds is 6. The van der Waals surface area contributed by atoms with Crippen molar-refractivity contribution < 1.29 is 28.2 Å². The molecule has 90 valence electrons. The number of aliphatic hydroxyl groups excluding tert-OH is 2. The molecule has 0 aromatic rings. The highest BCUT2D eigenvalue weighted by atomic mass is 32.2. The Labute approximate surface area is 87.4 Å². The van der Waals surface area contributed by atoms with Crippen molar-refractivity contribution >= 4 is 16.3 Å². The van der Waals surface area contributed by atoms with E-state index in [9.17, 15) is 13.2 Å². The van der Waals surface area contributed by atoms with Crippen LogP contribution in [0.2, 0.25) is 0 Å². The molecule has 9 heteroatoms. The Bertz CT molecular complexity index is 286. The quantitative estimate of drug-likeness (QED) is 0.423. The van der Waals surface area contributed by atoms with Crippen molar-refractivity contribution in [3.63, 3.8) is 0 Å². The van der Waals surface area contributed by atoms with Gasteiger partial charge >= 0.3 is 16.3 Å². The van der Waals surface area contributed by atoms with Crippen LogP contribution in [0.5, 0.6) is 0 Å². The molecule has 0 atom stereocenters. The van der Waals surface area contributed by atoms with Crippen LogP contribution in [0.3, 0.4) is 0 Å². The zero-order valence-electron chi connectivity index (χ0n) is 8.13. The second-order valence-corrected chi connectivity index (χ2v) is 3.95. The maximum absolute atomic E-state index is 11.1. The Morgan fingerprint density at radius 2 is 1.93 bits per heavy atom. The van der Waals surface area contributed by atoms with Gasteiger partial charge in [-0.25, -0.2) is 9.52 Å². The number of amides is 1. The Morgan fingerprint density at radius 1 is 1.40 bits per heavy atom. The SMILES string of the molecule is CCOC(=O)NS(=O)(=O)NC(CO)CO. The molecular weight excluding hydrogens is 228 g/mol. The summed E-state index contributed by atoms with van der Waals surface area (Å²) in [6, 6.07) is -1.06. The molecule has 0 bridgehead atoms. The summed E-state index contributed by atoms with van der Waals surface area (Å²) in [7, 11) is -4.12. The average molecular weight is 242 g/mol. The van der Waals surface area contributed by atoms with Gasteiger partial charge in [0.05, 0.1) is 25.9 Å². The van der Waals surface area contributed by atoms with E-state index < -0.39 is 35.6 Å². The van der Waals surface area contributed by atoms with Crippen LogP contribution in [-0.4, -0.2) is 50.6 Å². The monoisotopic (exact) mass is 242 g/mol. The summed E-state index contributed by atoms with van der Waals surface area (Å²) in [5.74, 6) is 0. The number of ether oxygens (including phenoxy) is 1. The van der Waals surface area contributed by atoms with E-state index in [2.05, 4.69) is 4.74 Å². The van der Waals surface area contributed by atoms with Crippen LogP contribution in [0.4, 0.5) is 4.79 Å². The minimum Gasteiger partial charge on any atom is -0.449 e. The predicted octanol–water partition coefficient (Wildman–Crippen LogP) is -2.08. The first-order valence-electron chi connectivity index (χ1n) is 4.13. The lowest BCUT2D eigenvalue weighted by atomic mass is 10.4. The van der Waals surface area contributed by atoms with Crippen LogP contribution in [0.1, 0.15) is 6.92 Å². The van der Waals surface area contributed by atoms with Gasteiger partial charge in [-0.2, -0.15) is 13.1 Å². The molecule has 4 N–H and O–H groups in total. The number of aliphatic hydroxyl groups is 2. The van der Waals surface area contributed by atoms with Crippen LogP contribution < -0.4 is 9.44 Å². The van der Waals surface area contributed by atoms with Crippen molar-refractivity contribution in [1.29, 1.82) is 0 Å². The smallest absolute Gasteiger partial charge is 0.421 e. The first-order chi connectivity index (χ1) is 6.95. The van der Waals surface area contributed by atoms with E-state index in [-0.39, 0.29) is 6.61 Å². The van der Waals surface area contributed by atoms with Crippen LogP contribution in [0.15, 0.2) is 0 Å². The highest BCUT2D eigenvalue weighted by Gasteiger charge is 2.19. The van der Waals surface area contributed by atoms with E-state index in [1.54, 1.807) is 0 Å². The molecule has 0 aromatic carbocycles. The summed E-state index contributed by atoms with van der Waals surface area (Å²) < 4.78 is 29.9. The third-order valence-electron chi connectivity index (χ3n) is 1.26. The Hall–Kier alpha value is -0.900. The molecule has 0 radical (unpaired) electrons. The van der Waals surface area contributed by atoms with E-state index >= 15 is 0 Å². The minimum atomic E-state index is -4.12. The number of nitrogens with one attached hydrogen (secondary N) is 2. The normalized spacial score (nSPS) is 11.5. The molecule has 8 nitrogen and oxygen atoms in total. The predicted molar refractivity (Wildman–Crippen MR) is 50.2 cm³/mol. The van der Waals surface area contributed by atoms with Gasteiger partial charge in [0.1, 0.15) is 0 Å². The average Bonchev–Trinajstić information content (AvgIpc) is 2.13.